The molecule has 5 heteroatoms. The molecule has 1 unspecified atom stereocenters. The third-order valence-corrected chi connectivity index (χ3v) is 2.86. The first-order valence-electron chi connectivity index (χ1n) is 5.23. The Morgan fingerprint density at radius 1 is 1.56 bits per heavy atom. The topological polar surface area (TPSA) is 68.0 Å². The highest BCUT2D eigenvalue weighted by atomic mass is 35.5. The van der Waals surface area contributed by atoms with Gasteiger partial charge in [-0.15, -0.1) is 12.4 Å². The van der Waals surface area contributed by atoms with Crippen LogP contribution in [-0.2, 0) is 0 Å². The number of halogens is 1. The molecule has 1 aliphatic heterocycles. The van der Waals surface area contributed by atoms with Gasteiger partial charge in [0.15, 0.2) is 0 Å². The Morgan fingerprint density at radius 3 is 3.00 bits per heavy atom. The molecule has 1 aromatic heterocycles. The van der Waals surface area contributed by atoms with Gasteiger partial charge in [0.2, 0.25) is 0 Å². The number of piperidine rings is 1. The largest absolute Gasteiger partial charge is 0.366 e. The highest BCUT2D eigenvalue weighted by molar-refractivity contribution is 5.94. The number of amides is 1. The van der Waals surface area contributed by atoms with E-state index in [2.05, 4.69) is 10.3 Å². The molecule has 1 aliphatic rings. The predicted octanol–water partition coefficient (Wildman–Crippen LogP) is 1.07. The van der Waals surface area contributed by atoms with Crippen molar-refractivity contribution in [3.05, 3.63) is 29.6 Å². The molecule has 0 aliphatic carbocycles. The summed E-state index contributed by atoms with van der Waals surface area (Å²) in [6.07, 6.45) is 5.53. The Hall–Kier alpha value is -1.13. The van der Waals surface area contributed by atoms with Crippen LogP contribution in [0, 0.1) is 0 Å². The van der Waals surface area contributed by atoms with E-state index < -0.39 is 0 Å². The van der Waals surface area contributed by atoms with Crippen LogP contribution in [0.5, 0.6) is 0 Å². The van der Waals surface area contributed by atoms with Gasteiger partial charge in [-0.2, -0.15) is 0 Å². The predicted molar refractivity (Wildman–Crippen MR) is 64.8 cm³/mol. The number of hydrogen-bond acceptors (Lipinski definition) is 3. The zero-order valence-electron chi connectivity index (χ0n) is 8.98. The summed E-state index contributed by atoms with van der Waals surface area (Å²) in [6.45, 7) is 1.98. The van der Waals surface area contributed by atoms with Gasteiger partial charge in [-0.25, -0.2) is 0 Å². The summed E-state index contributed by atoms with van der Waals surface area (Å²) >= 11 is 0. The summed E-state index contributed by atoms with van der Waals surface area (Å²) in [6, 6.07) is 1.90. The van der Waals surface area contributed by atoms with E-state index in [-0.39, 0.29) is 18.3 Å². The van der Waals surface area contributed by atoms with Crippen molar-refractivity contribution in [3.8, 4) is 0 Å². The maximum Gasteiger partial charge on any atom is 0.250 e. The average Bonchev–Trinajstić information content (AvgIpc) is 2.30. The lowest BCUT2D eigenvalue weighted by molar-refractivity contribution is 0.0998. The van der Waals surface area contributed by atoms with E-state index in [4.69, 9.17) is 5.73 Å². The van der Waals surface area contributed by atoms with Crippen LogP contribution in [0.2, 0.25) is 0 Å². The van der Waals surface area contributed by atoms with E-state index in [1.165, 1.54) is 0 Å². The van der Waals surface area contributed by atoms with Crippen LogP contribution in [0.25, 0.3) is 0 Å². The van der Waals surface area contributed by atoms with E-state index >= 15 is 0 Å². The van der Waals surface area contributed by atoms with Crippen molar-refractivity contribution < 1.29 is 4.79 Å². The Morgan fingerprint density at radius 2 is 2.38 bits per heavy atom. The number of pyridine rings is 1. The lowest BCUT2D eigenvalue weighted by Gasteiger charge is -2.24. The first-order chi connectivity index (χ1) is 7.29. The molecule has 0 bridgehead atoms. The molecule has 4 nitrogen and oxygen atoms in total. The van der Waals surface area contributed by atoms with Crippen LogP contribution in [0.4, 0.5) is 0 Å². The lowest BCUT2D eigenvalue weighted by Crippen LogP contribution is -2.30. The molecule has 1 fully saturated rings. The zero-order valence-corrected chi connectivity index (χ0v) is 9.80. The molecule has 0 radical (unpaired) electrons. The average molecular weight is 242 g/mol. The van der Waals surface area contributed by atoms with Gasteiger partial charge in [0.1, 0.15) is 0 Å². The van der Waals surface area contributed by atoms with Crippen LogP contribution in [0.3, 0.4) is 0 Å². The molecule has 16 heavy (non-hydrogen) atoms. The quantitative estimate of drug-likeness (QED) is 0.814. The number of primary amides is 1. The molecule has 2 heterocycles. The fourth-order valence-corrected chi connectivity index (χ4v) is 2.08. The lowest BCUT2D eigenvalue weighted by atomic mass is 9.89. The number of hydrogen-bond donors (Lipinski definition) is 2. The first-order valence-corrected chi connectivity index (χ1v) is 5.23. The third kappa shape index (κ3) is 2.71. The number of carbonyl (C=O) groups excluding carboxylic acids is 1. The summed E-state index contributed by atoms with van der Waals surface area (Å²) in [5.41, 5.74) is 6.92. The number of rotatable bonds is 2. The molecule has 88 valence electrons. The first kappa shape index (κ1) is 12.9. The van der Waals surface area contributed by atoms with Gasteiger partial charge in [0.25, 0.3) is 5.91 Å². The van der Waals surface area contributed by atoms with Crippen molar-refractivity contribution >= 4 is 18.3 Å². The number of aromatic nitrogens is 1. The van der Waals surface area contributed by atoms with Crippen molar-refractivity contribution in [3.63, 3.8) is 0 Å². The standard InChI is InChI=1S/C11H15N3O.ClH/c12-11(15)10-7-14-5-3-9(10)8-2-1-4-13-6-8;/h3,5,7-8,13H,1-2,4,6H2,(H2,12,15);1H. The van der Waals surface area contributed by atoms with Gasteiger partial charge in [-0.1, -0.05) is 0 Å². The summed E-state index contributed by atoms with van der Waals surface area (Å²) in [5.74, 6) is 0.00734. The van der Waals surface area contributed by atoms with Crippen LogP contribution >= 0.6 is 12.4 Å². The Bertz CT molecular complexity index is 364. The molecule has 2 rings (SSSR count). The maximum absolute atomic E-state index is 11.2. The molecule has 0 aromatic carbocycles. The van der Waals surface area contributed by atoms with Crippen molar-refractivity contribution in [2.75, 3.05) is 13.1 Å². The fourth-order valence-electron chi connectivity index (χ4n) is 2.08. The molecule has 1 saturated heterocycles. The Balaban J connectivity index is 0.00000128. The number of nitrogens with one attached hydrogen (secondary N) is 1. The second kappa shape index (κ2) is 5.82. The number of carbonyl (C=O) groups is 1. The summed E-state index contributed by atoms with van der Waals surface area (Å²) in [4.78, 5) is 15.2. The van der Waals surface area contributed by atoms with Gasteiger partial charge < -0.3 is 11.1 Å². The molecule has 3 N–H and O–H groups in total. The molecule has 0 spiro atoms. The normalized spacial score (nSPS) is 19.9. The zero-order chi connectivity index (χ0) is 10.7. The van der Waals surface area contributed by atoms with Crippen molar-refractivity contribution in [2.45, 2.75) is 18.8 Å². The fraction of sp³-hybridized carbons (Fsp3) is 0.455. The van der Waals surface area contributed by atoms with Gasteiger partial charge in [-0.05, 0) is 36.9 Å². The van der Waals surface area contributed by atoms with E-state index in [1.54, 1.807) is 12.4 Å². The molecular weight excluding hydrogens is 226 g/mol. The monoisotopic (exact) mass is 241 g/mol. The van der Waals surface area contributed by atoms with Crippen LogP contribution in [0.1, 0.15) is 34.7 Å². The van der Waals surface area contributed by atoms with Gasteiger partial charge in [0, 0.05) is 18.9 Å². The van der Waals surface area contributed by atoms with Crippen molar-refractivity contribution in [2.24, 2.45) is 5.73 Å². The molecule has 1 amide bonds. The Kier molecular flexibility index (Phi) is 4.71. The minimum Gasteiger partial charge on any atom is -0.366 e. The van der Waals surface area contributed by atoms with Crippen LogP contribution < -0.4 is 11.1 Å². The van der Waals surface area contributed by atoms with Gasteiger partial charge in [-0.3, -0.25) is 9.78 Å². The molecular formula is C11H16ClN3O. The highest BCUT2D eigenvalue weighted by Gasteiger charge is 2.19. The molecule has 0 saturated carbocycles. The second-order valence-corrected chi connectivity index (χ2v) is 3.87. The van der Waals surface area contributed by atoms with Crippen molar-refractivity contribution in [1.82, 2.24) is 10.3 Å². The van der Waals surface area contributed by atoms with E-state index in [1.807, 2.05) is 6.07 Å². The van der Waals surface area contributed by atoms with Crippen LogP contribution in [-0.4, -0.2) is 24.0 Å². The summed E-state index contributed by atoms with van der Waals surface area (Å²) in [7, 11) is 0. The summed E-state index contributed by atoms with van der Waals surface area (Å²) in [5, 5.41) is 3.33. The van der Waals surface area contributed by atoms with Crippen molar-refractivity contribution in [1.29, 1.82) is 0 Å². The van der Waals surface area contributed by atoms with E-state index in [9.17, 15) is 4.79 Å². The van der Waals surface area contributed by atoms with E-state index in [0.29, 0.717) is 11.5 Å². The number of nitrogens with zero attached hydrogens (tertiary/aromatic N) is 1. The second-order valence-electron chi connectivity index (χ2n) is 3.87. The highest BCUT2D eigenvalue weighted by Crippen LogP contribution is 2.25. The summed E-state index contributed by atoms with van der Waals surface area (Å²) < 4.78 is 0. The molecule has 1 atom stereocenters. The number of nitrogens with two attached hydrogens (primary N) is 1. The van der Waals surface area contributed by atoms with Crippen LogP contribution in [0.15, 0.2) is 18.5 Å². The Labute approximate surface area is 101 Å². The minimum absolute atomic E-state index is 0. The third-order valence-electron chi connectivity index (χ3n) is 2.86. The van der Waals surface area contributed by atoms with Gasteiger partial charge >= 0.3 is 0 Å². The van der Waals surface area contributed by atoms with E-state index in [0.717, 1.165) is 31.5 Å². The smallest absolute Gasteiger partial charge is 0.250 e. The maximum atomic E-state index is 11.2. The minimum atomic E-state index is -0.385. The molecule has 1 aromatic rings. The van der Waals surface area contributed by atoms with Gasteiger partial charge in [0.05, 0.1) is 5.56 Å². The SMILES string of the molecule is Cl.NC(=O)c1cnccc1C1CCCNC1.